The second-order valence-corrected chi connectivity index (χ2v) is 19.2. The van der Waals surface area contributed by atoms with Gasteiger partial charge in [0.2, 0.25) is 11.8 Å². The van der Waals surface area contributed by atoms with Crippen molar-refractivity contribution < 1.29 is 40.7 Å². The van der Waals surface area contributed by atoms with Crippen molar-refractivity contribution in [2.45, 2.75) is 75.7 Å². The summed E-state index contributed by atoms with van der Waals surface area (Å²) in [6.07, 6.45) is 2.60. The molecule has 3 aromatic heterocycles. The molecule has 1 aromatic carbocycles. The zero-order valence-corrected chi connectivity index (χ0v) is 36.5. The number of nitrogens with zero attached hydrogens (tertiary/aromatic N) is 8. The molecule has 0 radical (unpaired) electrons. The topological polar surface area (TPSA) is 222 Å². The minimum atomic E-state index is -3.14. The first kappa shape index (κ1) is 45.5. The summed E-state index contributed by atoms with van der Waals surface area (Å²) < 4.78 is 77.9. The highest BCUT2D eigenvalue weighted by Crippen LogP contribution is 2.36. The zero-order valence-electron chi connectivity index (χ0n) is 35.7. The van der Waals surface area contributed by atoms with Crippen LogP contribution >= 0.6 is 0 Å². The van der Waals surface area contributed by atoms with E-state index >= 15 is 4.39 Å². The first-order valence-electron chi connectivity index (χ1n) is 21.6. The average Bonchev–Trinajstić information content (AvgIpc) is 3.81. The van der Waals surface area contributed by atoms with Gasteiger partial charge in [0.05, 0.1) is 51.5 Å². The van der Waals surface area contributed by atoms with Crippen molar-refractivity contribution in [3.63, 3.8) is 0 Å². The van der Waals surface area contributed by atoms with E-state index < -0.39 is 57.8 Å². The number of para-hydroxylation sites is 1. The average molecular weight is 922 g/mol. The Hall–Kier alpha value is -6.05. The number of anilines is 2. The predicted octanol–water partition coefficient (Wildman–Crippen LogP) is 2.63. The first-order valence-corrected chi connectivity index (χ1v) is 23.4. The Kier molecular flexibility index (Phi) is 13.4. The quantitative estimate of drug-likeness (QED) is 0.112. The number of amides is 3. The van der Waals surface area contributed by atoms with Crippen LogP contribution in [-0.2, 0) is 36.0 Å². The Labute approximate surface area is 372 Å². The van der Waals surface area contributed by atoms with Gasteiger partial charge in [-0.05, 0) is 62.6 Å². The molecule has 346 valence electrons. The van der Waals surface area contributed by atoms with Gasteiger partial charge in [-0.25, -0.2) is 36.4 Å². The summed E-state index contributed by atoms with van der Waals surface area (Å²) in [6.45, 7) is 1.92. The number of benzene rings is 1. The van der Waals surface area contributed by atoms with Crippen LogP contribution in [0.4, 0.5) is 24.7 Å². The standard InChI is InChI=1S/C43H50F3N11O7S/c1-53-38-27(4-2-6-32(38)57(43(53)61)33-11-12-36(58)51-42(33)60)5-3-19-64-34-14-16-54(24-30(34)44)23-26-7-9-28(10-8-26)56-25-31(37(52-56)39(45)46)49-41(59)29(22-47)40-48-15-13-35(50-40)55-17-20-65(62,63)21-18-55/h2,4,6,13,15,22,25-26,28,30,33-34,39H,7-12,14,16-21,23-24,47H2,1H3,(H,49,59)(H,51,58,60)/b29-22+/t26?,28?,30-,33?,34+/m0/s1. The number of rotatable bonds is 11. The van der Waals surface area contributed by atoms with Crippen molar-refractivity contribution >= 4 is 55.7 Å². The maximum atomic E-state index is 15.5. The maximum Gasteiger partial charge on any atom is 0.329 e. The zero-order chi connectivity index (χ0) is 46.0. The summed E-state index contributed by atoms with van der Waals surface area (Å²) in [5.41, 5.74) is 6.10. The summed E-state index contributed by atoms with van der Waals surface area (Å²) in [6, 6.07) is 5.80. The highest BCUT2D eigenvalue weighted by Gasteiger charge is 2.34. The van der Waals surface area contributed by atoms with E-state index in [1.54, 1.807) is 36.2 Å². The number of aryl methyl sites for hydroxylation is 1. The molecule has 3 aliphatic heterocycles. The summed E-state index contributed by atoms with van der Waals surface area (Å²) >= 11 is 0. The second kappa shape index (κ2) is 19.2. The van der Waals surface area contributed by atoms with Gasteiger partial charge in [-0.1, -0.05) is 17.9 Å². The number of nitrogens with two attached hydrogens (primary N) is 1. The Morgan fingerprint density at radius 2 is 1.85 bits per heavy atom. The molecule has 6 heterocycles. The van der Waals surface area contributed by atoms with Crippen molar-refractivity contribution in [3.05, 3.63) is 70.4 Å². The van der Waals surface area contributed by atoms with E-state index in [0.29, 0.717) is 54.8 Å². The lowest BCUT2D eigenvalue weighted by molar-refractivity contribution is -0.135. The van der Waals surface area contributed by atoms with Gasteiger partial charge < -0.3 is 20.7 Å². The van der Waals surface area contributed by atoms with E-state index in [9.17, 15) is 36.4 Å². The van der Waals surface area contributed by atoms with Gasteiger partial charge in [0.1, 0.15) is 24.6 Å². The Morgan fingerprint density at radius 3 is 2.55 bits per heavy atom. The molecule has 4 N–H and O–H groups in total. The Morgan fingerprint density at radius 1 is 1.08 bits per heavy atom. The number of hydrogen-bond acceptors (Lipinski definition) is 13. The molecule has 0 bridgehead atoms. The minimum absolute atomic E-state index is 0.0251. The SMILES string of the molecule is Cn1c(=O)n(C2CCC(=O)NC2=O)c2cccc(C#CCO[C@@H]3CCN(CC4CCC(n5cc(NC(=O)/C(=C/N)c6nccc(N7CCS(=O)(=O)CC7)n6)c(C(F)F)n5)CC4)C[C@@H]3F)c21. The van der Waals surface area contributed by atoms with Crippen LogP contribution in [0.1, 0.15) is 80.5 Å². The maximum absolute atomic E-state index is 15.5. The van der Waals surface area contributed by atoms with Crippen LogP contribution in [0.3, 0.4) is 0 Å². The summed E-state index contributed by atoms with van der Waals surface area (Å²) in [4.78, 5) is 63.3. The molecule has 1 saturated carbocycles. The number of ether oxygens (including phenoxy) is 1. The number of halogens is 3. The number of hydrogen-bond donors (Lipinski definition) is 3. The lowest BCUT2D eigenvalue weighted by Gasteiger charge is -2.38. The number of imidazole rings is 1. The third-order valence-corrected chi connectivity index (χ3v) is 14.3. The monoisotopic (exact) mass is 921 g/mol. The number of carbonyl (C=O) groups excluding carboxylic acids is 3. The molecule has 3 atom stereocenters. The van der Waals surface area contributed by atoms with Crippen LogP contribution in [0.2, 0.25) is 0 Å². The van der Waals surface area contributed by atoms with E-state index in [-0.39, 0.29) is 85.5 Å². The molecule has 3 amide bonds. The van der Waals surface area contributed by atoms with Crippen LogP contribution in [-0.4, -0.2) is 123 Å². The third kappa shape index (κ3) is 9.96. The highest BCUT2D eigenvalue weighted by atomic mass is 32.2. The van der Waals surface area contributed by atoms with Gasteiger partial charge in [-0.15, -0.1) is 0 Å². The van der Waals surface area contributed by atoms with Crippen molar-refractivity contribution in [1.29, 1.82) is 0 Å². The lowest BCUT2D eigenvalue weighted by Crippen LogP contribution is -2.47. The molecule has 3 saturated heterocycles. The summed E-state index contributed by atoms with van der Waals surface area (Å²) in [5.74, 6) is 4.83. The molecule has 0 spiro atoms. The first-order chi connectivity index (χ1) is 31.2. The number of likely N-dealkylation sites (tertiary alicyclic amines) is 1. The van der Waals surface area contributed by atoms with Crippen molar-refractivity contribution in [3.8, 4) is 11.8 Å². The number of piperidine rings is 2. The molecule has 1 unspecified atom stereocenters. The van der Waals surface area contributed by atoms with E-state index in [1.165, 1.54) is 26.2 Å². The second-order valence-electron chi connectivity index (χ2n) is 16.9. The van der Waals surface area contributed by atoms with Crippen LogP contribution in [0.25, 0.3) is 16.6 Å². The molecule has 22 heteroatoms. The van der Waals surface area contributed by atoms with Crippen molar-refractivity contribution in [1.82, 2.24) is 39.1 Å². The van der Waals surface area contributed by atoms with E-state index in [4.69, 9.17) is 10.5 Å². The number of nitrogens with one attached hydrogen (secondary N) is 2. The van der Waals surface area contributed by atoms with Crippen LogP contribution in [0.5, 0.6) is 0 Å². The lowest BCUT2D eigenvalue weighted by atomic mass is 9.85. The Balaban J connectivity index is 0.816. The minimum Gasteiger partial charge on any atom is -0.404 e. The number of imide groups is 1. The molecular formula is C43H50F3N11O7S. The van der Waals surface area contributed by atoms with Gasteiger partial charge in [-0.2, -0.15) is 5.10 Å². The molecule has 8 rings (SSSR count). The third-order valence-electron chi connectivity index (χ3n) is 12.7. The Bertz CT molecular complexity index is 2720. The van der Waals surface area contributed by atoms with Crippen LogP contribution in [0.15, 0.2) is 47.7 Å². The van der Waals surface area contributed by atoms with Gasteiger partial charge >= 0.3 is 5.69 Å². The van der Waals surface area contributed by atoms with E-state index in [1.807, 2.05) is 0 Å². The molecular weight excluding hydrogens is 872 g/mol. The largest absolute Gasteiger partial charge is 0.404 e. The van der Waals surface area contributed by atoms with Gasteiger partial charge in [-0.3, -0.25) is 38.4 Å². The van der Waals surface area contributed by atoms with Crippen molar-refractivity contribution in [2.24, 2.45) is 18.7 Å². The van der Waals surface area contributed by atoms with Gasteiger partial charge in [0, 0.05) is 64.8 Å². The fraction of sp³-hybridized carbons (Fsp3) is 0.512. The molecule has 4 fully saturated rings. The van der Waals surface area contributed by atoms with E-state index in [2.05, 4.69) is 42.4 Å². The normalized spacial score (nSPS) is 24.2. The van der Waals surface area contributed by atoms with Gasteiger partial charge in [0.25, 0.3) is 12.3 Å². The summed E-state index contributed by atoms with van der Waals surface area (Å²) in [7, 11) is -1.54. The van der Waals surface area contributed by atoms with Gasteiger partial charge in [0.15, 0.2) is 21.4 Å². The fourth-order valence-corrected chi connectivity index (χ4v) is 10.4. The number of aromatic nitrogens is 6. The fourth-order valence-electron chi connectivity index (χ4n) is 9.19. The molecule has 1 aliphatic carbocycles. The molecule has 4 aromatic rings. The molecule has 18 nitrogen and oxygen atoms in total. The summed E-state index contributed by atoms with van der Waals surface area (Å²) in [5, 5.41) is 8.99. The molecule has 65 heavy (non-hydrogen) atoms. The van der Waals surface area contributed by atoms with Crippen LogP contribution in [0, 0.1) is 17.8 Å². The number of alkyl halides is 3. The number of carbonyl (C=O) groups is 3. The smallest absolute Gasteiger partial charge is 0.329 e. The van der Waals surface area contributed by atoms with E-state index in [0.717, 1.165) is 19.0 Å². The number of fused-ring (bicyclic) bond motifs is 1. The van der Waals surface area contributed by atoms with Crippen molar-refractivity contribution in [2.75, 3.05) is 61.1 Å². The molecule has 4 aliphatic rings. The van der Waals surface area contributed by atoms with Crippen LogP contribution < -0.4 is 27.0 Å². The number of sulfone groups is 1. The highest BCUT2D eigenvalue weighted by molar-refractivity contribution is 7.91. The predicted molar refractivity (Wildman–Crippen MR) is 233 cm³/mol.